The van der Waals surface area contributed by atoms with E-state index in [-0.39, 0.29) is 0 Å². The first kappa shape index (κ1) is 24.8. The van der Waals surface area contributed by atoms with Crippen molar-refractivity contribution in [2.24, 2.45) is 0 Å². The number of hydrogen-bond acceptors (Lipinski definition) is 3. The van der Waals surface area contributed by atoms with Crippen molar-refractivity contribution < 1.29 is 4.42 Å². The van der Waals surface area contributed by atoms with Crippen LogP contribution in [0.2, 0.25) is 0 Å². The molecule has 0 spiro atoms. The van der Waals surface area contributed by atoms with Crippen LogP contribution in [-0.2, 0) is 0 Å². The van der Waals surface area contributed by atoms with Gasteiger partial charge in [0.1, 0.15) is 11.2 Å². The molecule has 0 atom stereocenters. The maximum Gasteiger partial charge on any atom is 0.136 e. The average Bonchev–Trinajstić information content (AvgIpc) is 3.65. The lowest BCUT2D eigenvalue weighted by molar-refractivity contribution is 0.669. The van der Waals surface area contributed by atoms with E-state index >= 15 is 0 Å². The SMILES string of the molecule is c1ccc(N(c2ccc3oc4cc5c6ccccc6c6ccccc6c5cc4c3c2)c2ccc3sc4ccccc4c3c2)cc1. The first-order valence-corrected chi connectivity index (χ1v) is 16.1. The highest BCUT2D eigenvalue weighted by molar-refractivity contribution is 7.25. The Bertz CT molecular complexity index is 2770. The number of thiophene rings is 1. The monoisotopic (exact) mass is 591 g/mol. The first-order chi connectivity index (χ1) is 22.3. The minimum atomic E-state index is 0.893. The van der Waals surface area contributed by atoms with Crippen LogP contribution in [0.5, 0.6) is 0 Å². The van der Waals surface area contributed by atoms with Gasteiger partial charge in [-0.2, -0.15) is 0 Å². The Morgan fingerprint density at radius 2 is 0.867 bits per heavy atom. The van der Waals surface area contributed by atoms with Crippen LogP contribution in [0.25, 0.3) is 74.4 Å². The third-order valence-electron chi connectivity index (χ3n) is 9.21. The molecule has 0 N–H and O–H groups in total. The summed E-state index contributed by atoms with van der Waals surface area (Å²) < 4.78 is 9.16. The molecule has 0 saturated heterocycles. The molecule has 2 heterocycles. The van der Waals surface area contributed by atoms with E-state index in [4.69, 9.17) is 4.42 Å². The lowest BCUT2D eigenvalue weighted by atomic mass is 9.93. The van der Waals surface area contributed by atoms with Crippen LogP contribution in [0.1, 0.15) is 0 Å². The number of para-hydroxylation sites is 1. The Morgan fingerprint density at radius 1 is 0.333 bits per heavy atom. The predicted octanol–water partition coefficient (Wildman–Crippen LogP) is 12.9. The molecule has 10 aromatic rings. The highest BCUT2D eigenvalue weighted by Crippen LogP contribution is 2.44. The molecule has 210 valence electrons. The molecular formula is C42H25NOS. The molecule has 0 aliphatic carbocycles. The fraction of sp³-hybridized carbons (Fsp3) is 0. The van der Waals surface area contributed by atoms with Crippen LogP contribution >= 0.6 is 11.3 Å². The maximum absolute atomic E-state index is 6.55. The van der Waals surface area contributed by atoms with E-state index in [1.807, 2.05) is 11.3 Å². The number of benzene rings is 8. The Kier molecular flexibility index (Phi) is 5.19. The second-order valence-electron chi connectivity index (χ2n) is 11.7. The normalized spacial score (nSPS) is 12.0. The predicted molar refractivity (Wildman–Crippen MR) is 194 cm³/mol. The van der Waals surface area contributed by atoms with Gasteiger partial charge in [0, 0.05) is 48.0 Å². The Labute approximate surface area is 263 Å². The van der Waals surface area contributed by atoms with Crippen molar-refractivity contribution in [3.05, 3.63) is 152 Å². The largest absolute Gasteiger partial charge is 0.456 e. The number of nitrogens with zero attached hydrogens (tertiary/aromatic N) is 1. The van der Waals surface area contributed by atoms with Crippen LogP contribution in [0, 0.1) is 0 Å². The summed E-state index contributed by atoms with van der Waals surface area (Å²) in [5.41, 5.74) is 5.15. The topological polar surface area (TPSA) is 16.4 Å². The van der Waals surface area contributed by atoms with Crippen molar-refractivity contribution in [3.8, 4) is 0 Å². The zero-order valence-electron chi connectivity index (χ0n) is 24.2. The van der Waals surface area contributed by atoms with E-state index in [0.717, 1.165) is 39.0 Å². The molecule has 8 aromatic carbocycles. The van der Waals surface area contributed by atoms with Gasteiger partial charge in [0.2, 0.25) is 0 Å². The molecule has 0 amide bonds. The van der Waals surface area contributed by atoms with Gasteiger partial charge >= 0.3 is 0 Å². The molecule has 10 rings (SSSR count). The summed E-state index contributed by atoms with van der Waals surface area (Å²) >= 11 is 1.85. The van der Waals surface area contributed by atoms with Gasteiger partial charge in [-0.3, -0.25) is 0 Å². The summed E-state index contributed by atoms with van der Waals surface area (Å²) in [6, 6.07) is 54.8. The number of rotatable bonds is 3. The molecule has 0 saturated carbocycles. The average molecular weight is 592 g/mol. The fourth-order valence-electron chi connectivity index (χ4n) is 7.18. The molecule has 0 radical (unpaired) electrons. The van der Waals surface area contributed by atoms with Gasteiger partial charge in [-0.1, -0.05) is 84.9 Å². The molecule has 2 nitrogen and oxygen atoms in total. The fourth-order valence-corrected chi connectivity index (χ4v) is 8.26. The molecular weight excluding hydrogens is 567 g/mol. The molecule has 3 heteroatoms. The lowest BCUT2D eigenvalue weighted by Gasteiger charge is -2.25. The Morgan fingerprint density at radius 3 is 1.60 bits per heavy atom. The second kappa shape index (κ2) is 9.43. The van der Waals surface area contributed by atoms with Crippen LogP contribution in [0.15, 0.2) is 156 Å². The quantitative estimate of drug-likeness (QED) is 0.190. The molecule has 45 heavy (non-hydrogen) atoms. The van der Waals surface area contributed by atoms with Crippen molar-refractivity contribution >= 4 is 103 Å². The minimum Gasteiger partial charge on any atom is -0.456 e. The van der Waals surface area contributed by atoms with Crippen molar-refractivity contribution in [2.75, 3.05) is 4.90 Å². The number of anilines is 3. The van der Waals surface area contributed by atoms with Crippen LogP contribution < -0.4 is 4.90 Å². The summed E-state index contributed by atoms with van der Waals surface area (Å²) in [4.78, 5) is 2.36. The summed E-state index contributed by atoms with van der Waals surface area (Å²) in [7, 11) is 0. The van der Waals surface area contributed by atoms with Gasteiger partial charge in [0.05, 0.1) is 0 Å². The standard InChI is InChI=1S/C42H25NOS/c1-2-10-26(11-3-1)43(28-19-21-42-38(23-28)33-16-8-9-17-41(33)45-42)27-18-20-39-36(22-27)37-24-34-31-14-6-4-12-29(31)30-13-5-7-15-32(30)35(34)25-40(37)44-39/h1-25H. The Balaban J connectivity index is 1.23. The molecule has 0 aliphatic heterocycles. The third-order valence-corrected chi connectivity index (χ3v) is 10.4. The van der Waals surface area contributed by atoms with E-state index < -0.39 is 0 Å². The van der Waals surface area contributed by atoms with Gasteiger partial charge in [-0.25, -0.2) is 0 Å². The zero-order chi connectivity index (χ0) is 29.5. The minimum absolute atomic E-state index is 0.893. The van der Waals surface area contributed by atoms with Crippen LogP contribution in [0.3, 0.4) is 0 Å². The van der Waals surface area contributed by atoms with Crippen molar-refractivity contribution in [3.63, 3.8) is 0 Å². The van der Waals surface area contributed by atoms with E-state index in [0.29, 0.717) is 0 Å². The van der Waals surface area contributed by atoms with Gasteiger partial charge < -0.3 is 9.32 Å². The van der Waals surface area contributed by atoms with Gasteiger partial charge in [-0.05, 0) is 99.0 Å². The highest BCUT2D eigenvalue weighted by atomic mass is 32.1. The lowest BCUT2D eigenvalue weighted by Crippen LogP contribution is -2.09. The van der Waals surface area contributed by atoms with Crippen molar-refractivity contribution in [2.45, 2.75) is 0 Å². The summed E-state index contributed by atoms with van der Waals surface area (Å²) in [5.74, 6) is 0. The first-order valence-electron chi connectivity index (χ1n) is 15.3. The van der Waals surface area contributed by atoms with E-state index in [2.05, 4.69) is 157 Å². The maximum atomic E-state index is 6.55. The summed E-state index contributed by atoms with van der Waals surface area (Å²) in [6.07, 6.45) is 0. The van der Waals surface area contributed by atoms with Crippen LogP contribution in [0.4, 0.5) is 17.1 Å². The summed E-state index contributed by atoms with van der Waals surface area (Å²) in [6.45, 7) is 0. The van der Waals surface area contributed by atoms with Crippen molar-refractivity contribution in [1.29, 1.82) is 0 Å². The van der Waals surface area contributed by atoms with Gasteiger partial charge in [-0.15, -0.1) is 11.3 Å². The van der Waals surface area contributed by atoms with E-state index in [9.17, 15) is 0 Å². The summed E-state index contributed by atoms with van der Waals surface area (Å²) in [5, 5.41) is 12.4. The number of furan rings is 1. The smallest absolute Gasteiger partial charge is 0.136 e. The van der Waals surface area contributed by atoms with E-state index in [1.54, 1.807) is 0 Å². The van der Waals surface area contributed by atoms with Gasteiger partial charge in [0.25, 0.3) is 0 Å². The molecule has 0 aliphatic rings. The molecule has 2 aromatic heterocycles. The molecule has 0 fully saturated rings. The van der Waals surface area contributed by atoms with E-state index in [1.165, 1.54) is 52.5 Å². The zero-order valence-corrected chi connectivity index (χ0v) is 25.0. The Hall–Kier alpha value is -5.64. The van der Waals surface area contributed by atoms with Crippen molar-refractivity contribution in [1.82, 2.24) is 0 Å². The van der Waals surface area contributed by atoms with Crippen LogP contribution in [-0.4, -0.2) is 0 Å². The van der Waals surface area contributed by atoms with Gasteiger partial charge in [0.15, 0.2) is 0 Å². The second-order valence-corrected chi connectivity index (χ2v) is 12.8. The highest BCUT2D eigenvalue weighted by Gasteiger charge is 2.18. The number of hydrogen-bond donors (Lipinski definition) is 0. The molecule has 0 unspecified atom stereocenters. The molecule has 0 bridgehead atoms. The third kappa shape index (κ3) is 3.68. The number of fused-ring (bicyclic) bond motifs is 12.